The lowest BCUT2D eigenvalue weighted by atomic mass is 10.1. The molecule has 184 valence electrons. The summed E-state index contributed by atoms with van der Waals surface area (Å²) in [6, 6.07) is 0. The molecule has 1 heterocycles. The average Bonchev–Trinajstić information content (AvgIpc) is 3.15. The third-order valence-electron chi connectivity index (χ3n) is 5.58. The summed E-state index contributed by atoms with van der Waals surface area (Å²) in [5, 5.41) is 5.32. The van der Waals surface area contributed by atoms with Gasteiger partial charge >= 0.3 is 0 Å². The van der Waals surface area contributed by atoms with Gasteiger partial charge in [-0.1, -0.05) is 71.1 Å². The van der Waals surface area contributed by atoms with Gasteiger partial charge in [0.05, 0.1) is 12.2 Å². The Hall–Kier alpha value is -1.47. The van der Waals surface area contributed by atoms with E-state index in [1.807, 2.05) is 26.4 Å². The van der Waals surface area contributed by atoms with E-state index in [4.69, 9.17) is 0 Å². The van der Waals surface area contributed by atoms with Gasteiger partial charge in [-0.15, -0.1) is 11.3 Å². The molecule has 0 fully saturated rings. The van der Waals surface area contributed by atoms with Crippen LogP contribution in [0.25, 0.3) is 0 Å². The smallest absolute Gasteiger partial charge is 0.245 e. The van der Waals surface area contributed by atoms with Crippen LogP contribution in [-0.4, -0.2) is 60.3 Å². The van der Waals surface area contributed by atoms with Gasteiger partial charge in [0.25, 0.3) is 0 Å². The van der Waals surface area contributed by atoms with Crippen molar-refractivity contribution < 1.29 is 9.59 Å². The van der Waals surface area contributed by atoms with Gasteiger partial charge in [0, 0.05) is 18.3 Å². The second-order valence-corrected chi connectivity index (χ2v) is 9.96. The number of carbonyl (C=O) groups is 2. The number of hydrogen-bond acceptors (Lipinski definition) is 5. The fraction of sp³-hybridized carbons (Fsp3) is 0.800. The van der Waals surface area contributed by atoms with Gasteiger partial charge in [-0.25, -0.2) is 4.98 Å². The largest absolute Gasteiger partial charge is 0.333 e. The summed E-state index contributed by atoms with van der Waals surface area (Å²) in [5.74, 6) is -0.0818. The molecule has 0 aliphatic heterocycles. The van der Waals surface area contributed by atoms with Crippen LogP contribution in [0, 0.1) is 6.92 Å². The molecule has 0 saturated carbocycles. The van der Waals surface area contributed by atoms with Crippen LogP contribution in [0.15, 0.2) is 5.38 Å². The Kier molecular flexibility index (Phi) is 16.1. The molecule has 0 aromatic carbocycles. The number of thiazole rings is 1. The molecule has 0 saturated heterocycles. The molecule has 0 aliphatic rings. The number of anilines is 1. The van der Waals surface area contributed by atoms with E-state index in [2.05, 4.69) is 22.1 Å². The molecule has 0 spiro atoms. The zero-order valence-electron chi connectivity index (χ0n) is 21.0. The molecule has 1 rings (SSSR count). The lowest BCUT2D eigenvalue weighted by Crippen LogP contribution is -2.39. The van der Waals surface area contributed by atoms with E-state index in [0.717, 1.165) is 31.5 Å². The molecule has 0 bridgehead atoms. The van der Waals surface area contributed by atoms with Crippen molar-refractivity contribution in [3.8, 4) is 0 Å². The highest BCUT2D eigenvalue weighted by Crippen LogP contribution is 2.15. The van der Waals surface area contributed by atoms with Crippen molar-refractivity contribution in [2.24, 2.45) is 0 Å². The molecule has 7 heteroatoms. The maximum Gasteiger partial charge on any atom is 0.245 e. The van der Waals surface area contributed by atoms with Crippen LogP contribution >= 0.6 is 11.3 Å². The van der Waals surface area contributed by atoms with E-state index in [9.17, 15) is 9.59 Å². The SMILES string of the molecule is CCCCCCCCCCCCCC(=O)N(CCCN(C)C)CC(=O)Nc1nc(C)cs1. The summed E-state index contributed by atoms with van der Waals surface area (Å²) in [6.45, 7) is 5.76. The van der Waals surface area contributed by atoms with Crippen LogP contribution in [0.3, 0.4) is 0 Å². The minimum absolute atomic E-state index is 0.0881. The van der Waals surface area contributed by atoms with Crippen LogP contribution in [0.1, 0.15) is 96.1 Å². The summed E-state index contributed by atoms with van der Waals surface area (Å²) in [6.07, 6.45) is 15.3. The summed E-state index contributed by atoms with van der Waals surface area (Å²) in [5.41, 5.74) is 0.890. The molecule has 6 nitrogen and oxygen atoms in total. The highest BCUT2D eigenvalue weighted by molar-refractivity contribution is 7.13. The van der Waals surface area contributed by atoms with Crippen molar-refractivity contribution in [2.75, 3.05) is 39.0 Å². The number of nitrogens with zero attached hydrogens (tertiary/aromatic N) is 3. The zero-order chi connectivity index (χ0) is 23.6. The Bertz CT molecular complexity index is 633. The molecular weight excluding hydrogens is 420 g/mol. The van der Waals surface area contributed by atoms with Gasteiger partial charge in [-0.3, -0.25) is 9.59 Å². The van der Waals surface area contributed by atoms with Gasteiger partial charge in [-0.2, -0.15) is 0 Å². The molecule has 1 aromatic rings. The first-order chi connectivity index (χ1) is 15.4. The maximum atomic E-state index is 12.8. The standard InChI is InChI=1S/C25H46N4O2S/c1-5-6-7-8-9-10-11-12-13-14-15-17-24(31)29(19-16-18-28(3)4)20-23(30)27-25-26-22(2)21-32-25/h21H,5-20H2,1-4H3,(H,26,27,30). The van der Waals surface area contributed by atoms with E-state index in [1.54, 1.807) is 4.90 Å². The molecule has 0 radical (unpaired) electrons. The first-order valence-electron chi connectivity index (χ1n) is 12.6. The Labute approximate surface area is 200 Å². The molecule has 1 N–H and O–H groups in total. The number of rotatable bonds is 19. The van der Waals surface area contributed by atoms with E-state index < -0.39 is 0 Å². The number of amides is 2. The molecule has 2 amide bonds. The second kappa shape index (κ2) is 18.0. The average molecular weight is 467 g/mol. The minimum atomic E-state index is -0.170. The summed E-state index contributed by atoms with van der Waals surface area (Å²) in [7, 11) is 4.05. The molecule has 0 aliphatic carbocycles. The second-order valence-electron chi connectivity index (χ2n) is 9.10. The van der Waals surface area contributed by atoms with E-state index in [0.29, 0.717) is 18.1 Å². The Morgan fingerprint density at radius 1 is 0.906 bits per heavy atom. The van der Waals surface area contributed by atoms with Crippen molar-refractivity contribution in [1.29, 1.82) is 0 Å². The number of nitrogens with one attached hydrogen (secondary N) is 1. The van der Waals surface area contributed by atoms with Crippen LogP contribution in [0.5, 0.6) is 0 Å². The molecule has 0 atom stereocenters. The zero-order valence-corrected chi connectivity index (χ0v) is 21.8. The van der Waals surface area contributed by atoms with Crippen molar-refractivity contribution in [3.05, 3.63) is 11.1 Å². The van der Waals surface area contributed by atoms with E-state index in [-0.39, 0.29) is 18.4 Å². The highest BCUT2D eigenvalue weighted by Gasteiger charge is 2.17. The van der Waals surface area contributed by atoms with Crippen molar-refractivity contribution >= 4 is 28.3 Å². The quantitative estimate of drug-likeness (QED) is 0.259. The van der Waals surface area contributed by atoms with Gasteiger partial charge in [0.15, 0.2) is 5.13 Å². The summed E-state index contributed by atoms with van der Waals surface area (Å²) >= 11 is 1.41. The van der Waals surface area contributed by atoms with Crippen molar-refractivity contribution in [1.82, 2.24) is 14.8 Å². The fourth-order valence-electron chi connectivity index (χ4n) is 3.71. The minimum Gasteiger partial charge on any atom is -0.333 e. The van der Waals surface area contributed by atoms with E-state index >= 15 is 0 Å². The van der Waals surface area contributed by atoms with Crippen molar-refractivity contribution in [3.63, 3.8) is 0 Å². The van der Waals surface area contributed by atoms with Gasteiger partial charge in [0.2, 0.25) is 11.8 Å². The number of aryl methyl sites for hydroxylation is 1. The topological polar surface area (TPSA) is 65.5 Å². The van der Waals surface area contributed by atoms with Gasteiger partial charge in [0.1, 0.15) is 0 Å². The van der Waals surface area contributed by atoms with E-state index in [1.165, 1.54) is 69.1 Å². The van der Waals surface area contributed by atoms with Crippen LogP contribution in [0.4, 0.5) is 5.13 Å². The molecular formula is C25H46N4O2S. The lowest BCUT2D eigenvalue weighted by molar-refractivity contribution is -0.134. The highest BCUT2D eigenvalue weighted by atomic mass is 32.1. The Morgan fingerprint density at radius 2 is 1.50 bits per heavy atom. The molecule has 0 unspecified atom stereocenters. The first-order valence-corrected chi connectivity index (χ1v) is 13.4. The van der Waals surface area contributed by atoms with Crippen LogP contribution in [-0.2, 0) is 9.59 Å². The maximum absolute atomic E-state index is 12.8. The third kappa shape index (κ3) is 14.6. The summed E-state index contributed by atoms with van der Waals surface area (Å²) < 4.78 is 0. The number of hydrogen-bond donors (Lipinski definition) is 1. The van der Waals surface area contributed by atoms with Crippen molar-refractivity contribution in [2.45, 2.75) is 97.3 Å². The number of unbranched alkanes of at least 4 members (excludes halogenated alkanes) is 10. The fourth-order valence-corrected chi connectivity index (χ4v) is 4.42. The van der Waals surface area contributed by atoms with Crippen LogP contribution < -0.4 is 5.32 Å². The Morgan fingerprint density at radius 3 is 2.03 bits per heavy atom. The first kappa shape index (κ1) is 28.6. The third-order valence-corrected chi connectivity index (χ3v) is 6.46. The summed E-state index contributed by atoms with van der Waals surface area (Å²) in [4.78, 5) is 33.3. The predicted molar refractivity (Wildman–Crippen MR) is 136 cm³/mol. The predicted octanol–water partition coefficient (Wildman–Crippen LogP) is 5.87. The van der Waals surface area contributed by atoms with Crippen LogP contribution in [0.2, 0.25) is 0 Å². The van der Waals surface area contributed by atoms with Gasteiger partial charge in [-0.05, 0) is 40.4 Å². The number of carbonyl (C=O) groups excluding carboxylic acids is 2. The Balaban J connectivity index is 2.28. The normalized spacial score (nSPS) is 11.2. The monoisotopic (exact) mass is 466 g/mol. The molecule has 32 heavy (non-hydrogen) atoms. The number of aromatic nitrogens is 1. The molecule has 1 aromatic heterocycles. The van der Waals surface area contributed by atoms with Gasteiger partial charge < -0.3 is 15.1 Å². The lowest BCUT2D eigenvalue weighted by Gasteiger charge is -2.23.